The molecule has 2 rings (SSSR count). The fraction of sp³-hybridized carbons (Fsp3) is 0.250. The van der Waals surface area contributed by atoms with Gasteiger partial charge in [-0.1, -0.05) is 28.1 Å². The molecule has 0 heterocycles. The summed E-state index contributed by atoms with van der Waals surface area (Å²) in [4.78, 5) is 10.0. The van der Waals surface area contributed by atoms with Crippen LogP contribution in [0.2, 0.25) is 0 Å². The van der Waals surface area contributed by atoms with E-state index in [1.165, 1.54) is 18.2 Å². The van der Waals surface area contributed by atoms with Gasteiger partial charge in [0.2, 0.25) is 0 Å². The number of hydrogen-bond acceptors (Lipinski definition) is 5. The Morgan fingerprint density at radius 3 is 2.54 bits per heavy atom. The standard InChI is InChI=1S/C16H17BrN2O4S/c1-11(8-12-4-3-5-13(17)9-12)18-14-6-7-15(19(20)21)16(10-14)24(2,22)23/h3-7,9-11,18H,8H2,1-2H3. The molecule has 0 aliphatic heterocycles. The zero-order chi connectivity index (χ0) is 17.9. The van der Waals surface area contributed by atoms with Crippen molar-refractivity contribution in [3.8, 4) is 0 Å². The van der Waals surface area contributed by atoms with Crippen LogP contribution in [0.25, 0.3) is 0 Å². The van der Waals surface area contributed by atoms with Gasteiger partial charge in [0.15, 0.2) is 9.84 Å². The third-order valence-corrected chi connectivity index (χ3v) is 5.02. The largest absolute Gasteiger partial charge is 0.382 e. The van der Waals surface area contributed by atoms with Crippen LogP contribution in [0.15, 0.2) is 51.8 Å². The first-order chi connectivity index (χ1) is 11.2. The van der Waals surface area contributed by atoms with Crippen LogP contribution >= 0.6 is 15.9 Å². The van der Waals surface area contributed by atoms with E-state index in [1.54, 1.807) is 0 Å². The van der Waals surface area contributed by atoms with E-state index in [1.807, 2.05) is 31.2 Å². The first kappa shape index (κ1) is 18.4. The molecule has 1 unspecified atom stereocenters. The molecule has 24 heavy (non-hydrogen) atoms. The molecule has 2 aromatic rings. The maximum atomic E-state index is 11.8. The van der Waals surface area contributed by atoms with Crippen LogP contribution in [-0.2, 0) is 16.3 Å². The Kier molecular flexibility index (Phi) is 5.61. The summed E-state index contributed by atoms with van der Waals surface area (Å²) in [6, 6.07) is 12.0. The van der Waals surface area contributed by atoms with Crippen molar-refractivity contribution < 1.29 is 13.3 Å². The normalized spacial score (nSPS) is 12.6. The van der Waals surface area contributed by atoms with Crippen molar-refractivity contribution in [2.24, 2.45) is 0 Å². The minimum atomic E-state index is -3.69. The molecule has 8 heteroatoms. The van der Waals surface area contributed by atoms with E-state index in [0.29, 0.717) is 5.69 Å². The molecule has 0 aliphatic rings. The van der Waals surface area contributed by atoms with Crippen molar-refractivity contribution >= 4 is 37.1 Å². The first-order valence-corrected chi connectivity index (χ1v) is 9.85. The highest BCUT2D eigenvalue weighted by atomic mass is 79.9. The zero-order valence-electron chi connectivity index (χ0n) is 13.2. The summed E-state index contributed by atoms with van der Waals surface area (Å²) in [6.45, 7) is 1.96. The van der Waals surface area contributed by atoms with Crippen LogP contribution in [0.1, 0.15) is 12.5 Å². The topological polar surface area (TPSA) is 89.3 Å². The molecule has 0 saturated carbocycles. The summed E-state index contributed by atoms with van der Waals surface area (Å²) < 4.78 is 24.6. The summed E-state index contributed by atoms with van der Waals surface area (Å²) in [6.07, 6.45) is 1.69. The summed E-state index contributed by atoms with van der Waals surface area (Å²) in [7, 11) is -3.69. The minimum Gasteiger partial charge on any atom is -0.382 e. The predicted octanol–water partition coefficient (Wildman–Crippen LogP) is 3.80. The molecule has 0 aliphatic carbocycles. The lowest BCUT2D eigenvalue weighted by atomic mass is 10.1. The molecule has 2 aromatic carbocycles. The number of nitrogens with zero attached hydrogens (tertiary/aromatic N) is 1. The number of halogens is 1. The van der Waals surface area contributed by atoms with Crippen LogP contribution in [0.3, 0.4) is 0 Å². The third-order valence-electron chi connectivity index (χ3n) is 3.40. The molecule has 128 valence electrons. The highest BCUT2D eigenvalue weighted by molar-refractivity contribution is 9.10. The summed E-state index contributed by atoms with van der Waals surface area (Å²) in [5, 5.41) is 14.2. The summed E-state index contributed by atoms with van der Waals surface area (Å²) >= 11 is 3.42. The van der Waals surface area contributed by atoms with E-state index in [4.69, 9.17) is 0 Å². The molecule has 0 radical (unpaired) electrons. The van der Waals surface area contributed by atoms with Gasteiger partial charge in [0.25, 0.3) is 5.69 Å². The third kappa shape index (κ3) is 4.78. The molecule has 0 spiro atoms. The Labute approximate surface area is 149 Å². The van der Waals surface area contributed by atoms with E-state index < -0.39 is 20.4 Å². The van der Waals surface area contributed by atoms with Gasteiger partial charge >= 0.3 is 0 Å². The number of nitro groups is 1. The van der Waals surface area contributed by atoms with Gasteiger partial charge in [-0.2, -0.15) is 0 Å². The zero-order valence-corrected chi connectivity index (χ0v) is 15.6. The molecule has 1 atom stereocenters. The van der Waals surface area contributed by atoms with Crippen molar-refractivity contribution in [2.75, 3.05) is 11.6 Å². The van der Waals surface area contributed by atoms with Gasteiger partial charge in [-0.3, -0.25) is 10.1 Å². The molecule has 1 N–H and O–H groups in total. The Morgan fingerprint density at radius 2 is 1.96 bits per heavy atom. The smallest absolute Gasteiger partial charge is 0.288 e. The Bertz CT molecular complexity index is 868. The monoisotopic (exact) mass is 412 g/mol. The Hall–Kier alpha value is -1.93. The lowest BCUT2D eigenvalue weighted by molar-refractivity contribution is -0.387. The van der Waals surface area contributed by atoms with Gasteiger partial charge in [0, 0.05) is 28.5 Å². The van der Waals surface area contributed by atoms with Gasteiger partial charge in [-0.05, 0) is 43.2 Å². The first-order valence-electron chi connectivity index (χ1n) is 7.16. The van der Waals surface area contributed by atoms with Crippen molar-refractivity contribution in [1.82, 2.24) is 0 Å². The number of nitrogens with one attached hydrogen (secondary N) is 1. The second-order valence-electron chi connectivity index (χ2n) is 5.59. The number of benzene rings is 2. The van der Waals surface area contributed by atoms with Crippen LogP contribution < -0.4 is 5.32 Å². The molecule has 0 saturated heterocycles. The quantitative estimate of drug-likeness (QED) is 0.575. The van der Waals surface area contributed by atoms with E-state index in [2.05, 4.69) is 21.2 Å². The van der Waals surface area contributed by atoms with E-state index >= 15 is 0 Å². The number of nitro benzene ring substituents is 1. The summed E-state index contributed by atoms with van der Waals surface area (Å²) in [5.41, 5.74) is 1.24. The van der Waals surface area contributed by atoms with Crippen molar-refractivity contribution in [2.45, 2.75) is 24.3 Å². The molecule has 0 bridgehead atoms. The van der Waals surface area contributed by atoms with Gasteiger partial charge in [-0.15, -0.1) is 0 Å². The average molecular weight is 413 g/mol. The van der Waals surface area contributed by atoms with Gasteiger partial charge in [-0.25, -0.2) is 8.42 Å². The van der Waals surface area contributed by atoms with Crippen LogP contribution in [0, 0.1) is 10.1 Å². The van der Waals surface area contributed by atoms with Gasteiger partial charge in [0.1, 0.15) is 4.90 Å². The van der Waals surface area contributed by atoms with Crippen molar-refractivity contribution in [3.63, 3.8) is 0 Å². The van der Waals surface area contributed by atoms with Crippen LogP contribution in [0.5, 0.6) is 0 Å². The highest BCUT2D eigenvalue weighted by Crippen LogP contribution is 2.27. The van der Waals surface area contributed by atoms with E-state index in [-0.39, 0.29) is 10.9 Å². The fourth-order valence-corrected chi connectivity index (χ4v) is 3.71. The van der Waals surface area contributed by atoms with E-state index in [9.17, 15) is 18.5 Å². The lowest BCUT2D eigenvalue weighted by Gasteiger charge is -2.16. The van der Waals surface area contributed by atoms with Gasteiger partial charge < -0.3 is 5.32 Å². The van der Waals surface area contributed by atoms with Crippen molar-refractivity contribution in [3.05, 3.63) is 62.6 Å². The highest BCUT2D eigenvalue weighted by Gasteiger charge is 2.22. The molecular weight excluding hydrogens is 396 g/mol. The molecule has 6 nitrogen and oxygen atoms in total. The second kappa shape index (κ2) is 7.31. The molecule has 0 amide bonds. The predicted molar refractivity (Wildman–Crippen MR) is 97.1 cm³/mol. The minimum absolute atomic E-state index is 0.0215. The second-order valence-corrected chi connectivity index (χ2v) is 8.49. The fourth-order valence-electron chi connectivity index (χ4n) is 2.40. The summed E-state index contributed by atoms with van der Waals surface area (Å²) in [5.74, 6) is 0. The number of hydrogen-bond donors (Lipinski definition) is 1. The molecule has 0 fully saturated rings. The number of rotatable bonds is 6. The Balaban J connectivity index is 2.22. The average Bonchev–Trinajstić information content (AvgIpc) is 2.45. The number of sulfone groups is 1. The van der Waals surface area contributed by atoms with Crippen LogP contribution in [0.4, 0.5) is 11.4 Å². The van der Waals surface area contributed by atoms with Crippen molar-refractivity contribution in [1.29, 1.82) is 0 Å². The lowest BCUT2D eigenvalue weighted by Crippen LogP contribution is -2.18. The van der Waals surface area contributed by atoms with Gasteiger partial charge in [0.05, 0.1) is 4.92 Å². The maximum Gasteiger partial charge on any atom is 0.288 e. The molecule has 0 aromatic heterocycles. The maximum absolute atomic E-state index is 11.8. The Morgan fingerprint density at radius 1 is 1.25 bits per heavy atom. The van der Waals surface area contributed by atoms with E-state index in [0.717, 1.165) is 22.7 Å². The number of anilines is 1. The molecular formula is C16H17BrN2O4S. The SMILES string of the molecule is CC(Cc1cccc(Br)c1)Nc1ccc([N+](=O)[O-])c(S(C)(=O)=O)c1. The van der Waals surface area contributed by atoms with Crippen LogP contribution in [-0.4, -0.2) is 25.6 Å².